The summed E-state index contributed by atoms with van der Waals surface area (Å²) in [5, 5.41) is -0.0487. The molecular formula is C25H36O5Si. The summed E-state index contributed by atoms with van der Waals surface area (Å²) in [6, 6.07) is 7.56. The number of ketones is 2. The Bertz CT molecular complexity index is 835. The van der Waals surface area contributed by atoms with Crippen molar-refractivity contribution in [3.05, 3.63) is 47.5 Å². The molecule has 31 heavy (non-hydrogen) atoms. The lowest BCUT2D eigenvalue weighted by Crippen LogP contribution is -2.45. The molecule has 0 saturated carbocycles. The zero-order valence-corrected chi connectivity index (χ0v) is 20.7. The normalized spacial score (nSPS) is 19.7. The number of fused-ring (bicyclic) bond motifs is 1. The minimum absolute atomic E-state index is 0.0232. The van der Waals surface area contributed by atoms with Crippen LogP contribution in [0.4, 0.5) is 0 Å². The summed E-state index contributed by atoms with van der Waals surface area (Å²) in [6.07, 6.45) is 4.20. The first kappa shape index (κ1) is 25.2. The number of allylic oxidation sites excluding steroid dienone is 2. The fraction of sp³-hybridized carbons (Fsp3) is 0.560. The molecule has 0 radical (unpaired) electrons. The van der Waals surface area contributed by atoms with Crippen LogP contribution in [0.3, 0.4) is 0 Å². The van der Waals surface area contributed by atoms with Gasteiger partial charge in [0.15, 0.2) is 20.2 Å². The van der Waals surface area contributed by atoms with E-state index in [4.69, 9.17) is 9.16 Å². The van der Waals surface area contributed by atoms with Gasteiger partial charge in [0.2, 0.25) is 0 Å². The first-order chi connectivity index (χ1) is 14.4. The van der Waals surface area contributed by atoms with E-state index in [2.05, 4.69) is 33.9 Å². The van der Waals surface area contributed by atoms with Gasteiger partial charge in [-0.2, -0.15) is 0 Å². The summed E-state index contributed by atoms with van der Waals surface area (Å²) >= 11 is 0. The number of rotatable bonds is 7. The average molecular weight is 445 g/mol. The van der Waals surface area contributed by atoms with Crippen molar-refractivity contribution in [2.45, 2.75) is 90.1 Å². The number of benzene rings is 1. The van der Waals surface area contributed by atoms with Gasteiger partial charge in [-0.15, -0.1) is 0 Å². The fourth-order valence-corrected chi connectivity index (χ4v) is 4.75. The summed E-state index contributed by atoms with van der Waals surface area (Å²) in [4.78, 5) is 37.7. The summed E-state index contributed by atoms with van der Waals surface area (Å²) in [7, 11) is -2.19. The van der Waals surface area contributed by atoms with E-state index in [1.807, 2.05) is 36.4 Å². The minimum Gasteiger partial charge on any atom is -0.449 e. The summed E-state index contributed by atoms with van der Waals surface area (Å²) in [5.74, 6) is -0.645. The highest BCUT2D eigenvalue weighted by Gasteiger charge is 2.40. The molecule has 1 aromatic carbocycles. The SMILES string of the molecule is CC(=O)C[C@H](CC(=O)C1OC(=O)CC/C=C/Cc2ccccc21)O[Si](C)(C)C(C)(C)C. The highest BCUT2D eigenvalue weighted by molar-refractivity contribution is 6.74. The van der Waals surface area contributed by atoms with E-state index in [1.54, 1.807) is 0 Å². The zero-order valence-electron chi connectivity index (χ0n) is 19.7. The Labute approximate surface area is 187 Å². The summed E-state index contributed by atoms with van der Waals surface area (Å²) in [6.45, 7) is 12.1. The topological polar surface area (TPSA) is 69.7 Å². The molecular weight excluding hydrogens is 408 g/mol. The molecule has 0 spiro atoms. The second kappa shape index (κ2) is 10.5. The molecule has 170 valence electrons. The first-order valence-corrected chi connectivity index (χ1v) is 13.9. The Kier molecular flexibility index (Phi) is 8.54. The van der Waals surface area contributed by atoms with Crippen LogP contribution in [0, 0.1) is 0 Å². The van der Waals surface area contributed by atoms with Crippen LogP contribution in [0.15, 0.2) is 36.4 Å². The van der Waals surface area contributed by atoms with Crippen LogP contribution < -0.4 is 0 Å². The van der Waals surface area contributed by atoms with Crippen LogP contribution in [0.1, 0.15) is 70.6 Å². The number of carbonyl (C=O) groups excluding carboxylic acids is 3. The molecule has 1 heterocycles. The van der Waals surface area contributed by atoms with Gasteiger partial charge in [-0.05, 0) is 43.5 Å². The number of hydrogen-bond acceptors (Lipinski definition) is 5. The monoisotopic (exact) mass is 444 g/mol. The lowest BCUT2D eigenvalue weighted by Gasteiger charge is -2.39. The van der Waals surface area contributed by atoms with E-state index in [0.29, 0.717) is 18.4 Å². The van der Waals surface area contributed by atoms with E-state index >= 15 is 0 Å². The van der Waals surface area contributed by atoms with E-state index in [0.717, 1.165) is 5.56 Å². The van der Waals surface area contributed by atoms with Crippen molar-refractivity contribution >= 4 is 25.9 Å². The maximum Gasteiger partial charge on any atom is 0.307 e. The standard InChI is InChI=1S/C25H36O5Si/c1-18(26)16-20(30-31(5,6)25(2,3)4)17-22(27)24-21-14-11-10-13-19(21)12-8-7-9-15-23(28)29-24/h7-8,10-11,13-14,20,24H,9,12,15-17H2,1-6H3/b8-7+/t20-,24?/m1/s1. The summed E-state index contributed by atoms with van der Waals surface area (Å²) < 4.78 is 12.1. The Hall–Kier alpha value is -2.05. The third-order valence-corrected chi connectivity index (χ3v) is 10.6. The molecule has 2 atom stereocenters. The lowest BCUT2D eigenvalue weighted by atomic mass is 9.93. The van der Waals surface area contributed by atoms with Gasteiger partial charge in [-0.25, -0.2) is 0 Å². The molecule has 0 aromatic heterocycles. The molecule has 0 amide bonds. The predicted octanol–water partition coefficient (Wildman–Crippen LogP) is 5.49. The Balaban J connectivity index is 2.33. The highest BCUT2D eigenvalue weighted by atomic mass is 28.4. The molecule has 5 nitrogen and oxygen atoms in total. The maximum absolute atomic E-state index is 13.4. The molecule has 0 fully saturated rings. The van der Waals surface area contributed by atoms with E-state index in [1.165, 1.54) is 6.92 Å². The van der Waals surface area contributed by atoms with Gasteiger partial charge in [0.05, 0.1) is 6.10 Å². The fourth-order valence-electron chi connectivity index (χ4n) is 3.40. The second-order valence-corrected chi connectivity index (χ2v) is 14.6. The Morgan fingerprint density at radius 1 is 1.16 bits per heavy atom. The largest absolute Gasteiger partial charge is 0.449 e. The van der Waals surface area contributed by atoms with Crippen molar-refractivity contribution in [2.75, 3.05) is 0 Å². The first-order valence-electron chi connectivity index (χ1n) is 11.0. The van der Waals surface area contributed by atoms with Gasteiger partial charge in [-0.1, -0.05) is 57.2 Å². The number of cyclic esters (lactones) is 1. The van der Waals surface area contributed by atoms with Crippen LogP contribution in [0.25, 0.3) is 0 Å². The van der Waals surface area contributed by atoms with Crippen LogP contribution in [-0.4, -0.2) is 32.0 Å². The smallest absolute Gasteiger partial charge is 0.307 e. The van der Waals surface area contributed by atoms with Crippen molar-refractivity contribution in [3.8, 4) is 0 Å². The quantitative estimate of drug-likeness (QED) is 0.316. The molecule has 2 rings (SSSR count). The van der Waals surface area contributed by atoms with Crippen LogP contribution >= 0.6 is 0 Å². The third kappa shape index (κ3) is 7.25. The molecule has 1 aliphatic rings. The maximum atomic E-state index is 13.4. The Morgan fingerprint density at radius 2 is 1.84 bits per heavy atom. The van der Waals surface area contributed by atoms with Crippen LogP contribution in [-0.2, 0) is 30.0 Å². The van der Waals surface area contributed by atoms with Crippen LogP contribution in [0.2, 0.25) is 18.1 Å². The van der Waals surface area contributed by atoms with Crippen molar-refractivity contribution in [1.29, 1.82) is 0 Å². The zero-order chi connectivity index (χ0) is 23.2. The minimum atomic E-state index is -2.19. The summed E-state index contributed by atoms with van der Waals surface area (Å²) in [5.41, 5.74) is 1.67. The van der Waals surface area contributed by atoms with Crippen molar-refractivity contribution in [1.82, 2.24) is 0 Å². The van der Waals surface area contributed by atoms with Crippen molar-refractivity contribution in [3.63, 3.8) is 0 Å². The molecule has 1 aliphatic heterocycles. The number of carbonyl (C=O) groups is 3. The average Bonchev–Trinajstić information content (AvgIpc) is 2.64. The molecule has 0 bridgehead atoms. The van der Waals surface area contributed by atoms with E-state index < -0.39 is 26.5 Å². The molecule has 1 aromatic rings. The molecule has 6 heteroatoms. The lowest BCUT2D eigenvalue weighted by molar-refractivity contribution is -0.156. The molecule has 0 N–H and O–H groups in total. The molecule has 0 aliphatic carbocycles. The van der Waals surface area contributed by atoms with E-state index in [9.17, 15) is 14.4 Å². The van der Waals surface area contributed by atoms with Crippen molar-refractivity contribution < 1.29 is 23.5 Å². The van der Waals surface area contributed by atoms with Gasteiger partial charge < -0.3 is 9.16 Å². The number of hydrogen-bond donors (Lipinski definition) is 0. The van der Waals surface area contributed by atoms with Gasteiger partial charge >= 0.3 is 5.97 Å². The predicted molar refractivity (Wildman–Crippen MR) is 124 cm³/mol. The molecule has 1 unspecified atom stereocenters. The van der Waals surface area contributed by atoms with Gasteiger partial charge in [0, 0.05) is 24.8 Å². The second-order valence-electron chi connectivity index (χ2n) is 9.86. The van der Waals surface area contributed by atoms with Crippen LogP contribution in [0.5, 0.6) is 0 Å². The van der Waals surface area contributed by atoms with Crippen molar-refractivity contribution in [2.24, 2.45) is 0 Å². The number of Topliss-reactive ketones (excluding diaryl/α,β-unsaturated/α-hetero) is 2. The van der Waals surface area contributed by atoms with E-state index in [-0.39, 0.29) is 35.9 Å². The van der Waals surface area contributed by atoms with Gasteiger partial charge in [-0.3, -0.25) is 14.4 Å². The number of esters is 1. The third-order valence-electron chi connectivity index (χ3n) is 6.11. The molecule has 0 saturated heterocycles. The number of ether oxygens (including phenoxy) is 1. The van der Waals surface area contributed by atoms with Gasteiger partial charge in [0.25, 0.3) is 0 Å². The Morgan fingerprint density at radius 3 is 2.48 bits per heavy atom. The van der Waals surface area contributed by atoms with Gasteiger partial charge in [0.1, 0.15) is 5.78 Å². The highest BCUT2D eigenvalue weighted by Crippen LogP contribution is 2.38.